The standard InChI is InChI=1S/C22H39N7.HI/c1-23-22(25-11-8-14-28-12-5-3-4-6-13-28)26-19-20-9-7-10-24-21(20)29-17-15-27(2)16-18-29;/h7,9-10H,3-6,8,11-19H2,1-2H3,(H2,23,25,26);1H. The van der Waals surface area contributed by atoms with E-state index in [1.54, 1.807) is 0 Å². The number of guanidine groups is 1. The predicted octanol–water partition coefficient (Wildman–Crippen LogP) is 2.38. The van der Waals surface area contributed by atoms with Gasteiger partial charge in [0.25, 0.3) is 0 Å². The number of likely N-dealkylation sites (N-methyl/N-ethyl adjacent to an activating group) is 1. The first-order valence-corrected chi connectivity index (χ1v) is 11.3. The van der Waals surface area contributed by atoms with Crippen molar-refractivity contribution in [3.05, 3.63) is 23.9 Å². The Morgan fingerprint density at radius 1 is 1.03 bits per heavy atom. The van der Waals surface area contributed by atoms with E-state index < -0.39 is 0 Å². The lowest BCUT2D eigenvalue weighted by Gasteiger charge is -2.34. The predicted molar refractivity (Wildman–Crippen MR) is 137 cm³/mol. The number of aliphatic imine (C=N–C) groups is 1. The Morgan fingerprint density at radius 2 is 1.77 bits per heavy atom. The first kappa shape index (κ1) is 25.1. The van der Waals surface area contributed by atoms with E-state index in [-0.39, 0.29) is 24.0 Å². The van der Waals surface area contributed by atoms with E-state index in [1.807, 2.05) is 19.3 Å². The summed E-state index contributed by atoms with van der Waals surface area (Å²) < 4.78 is 0. The van der Waals surface area contributed by atoms with Crippen LogP contribution in [0.15, 0.2) is 23.3 Å². The molecule has 2 N–H and O–H groups in total. The summed E-state index contributed by atoms with van der Waals surface area (Å²) in [5, 5.41) is 6.94. The first-order chi connectivity index (χ1) is 14.3. The summed E-state index contributed by atoms with van der Waals surface area (Å²) in [5.41, 5.74) is 1.23. The van der Waals surface area contributed by atoms with Gasteiger partial charge in [-0.15, -0.1) is 24.0 Å². The Balaban J connectivity index is 0.00000320. The van der Waals surface area contributed by atoms with E-state index in [2.05, 4.69) is 48.4 Å². The molecule has 0 spiro atoms. The number of anilines is 1. The normalized spacial score (nSPS) is 19.1. The highest BCUT2D eigenvalue weighted by molar-refractivity contribution is 14.0. The van der Waals surface area contributed by atoms with E-state index in [1.165, 1.54) is 50.9 Å². The maximum atomic E-state index is 4.67. The van der Waals surface area contributed by atoms with Crippen LogP contribution in [0.4, 0.5) is 5.82 Å². The summed E-state index contributed by atoms with van der Waals surface area (Å²) in [5.74, 6) is 1.97. The second-order valence-corrected chi connectivity index (χ2v) is 8.24. The first-order valence-electron chi connectivity index (χ1n) is 11.3. The number of piperazine rings is 1. The fraction of sp³-hybridized carbons (Fsp3) is 0.727. The van der Waals surface area contributed by atoms with E-state index in [4.69, 9.17) is 0 Å². The lowest BCUT2D eigenvalue weighted by Crippen LogP contribution is -2.45. The average molecular weight is 530 g/mol. The van der Waals surface area contributed by atoms with Crippen molar-refractivity contribution in [2.24, 2.45) is 4.99 Å². The summed E-state index contributed by atoms with van der Waals surface area (Å²) in [6.07, 6.45) is 8.56. The molecule has 1 aromatic rings. The van der Waals surface area contributed by atoms with Crippen LogP contribution in [0.1, 0.15) is 37.7 Å². The number of likely N-dealkylation sites (tertiary alicyclic amines) is 1. The zero-order chi connectivity index (χ0) is 20.3. The second-order valence-electron chi connectivity index (χ2n) is 8.24. The summed E-state index contributed by atoms with van der Waals surface area (Å²) in [7, 11) is 4.02. The highest BCUT2D eigenvalue weighted by Crippen LogP contribution is 2.18. The van der Waals surface area contributed by atoms with Gasteiger partial charge in [-0.3, -0.25) is 4.99 Å². The molecule has 0 aromatic carbocycles. The lowest BCUT2D eigenvalue weighted by atomic mass is 10.2. The summed E-state index contributed by atoms with van der Waals surface area (Å²) in [6.45, 7) is 9.64. The Morgan fingerprint density at radius 3 is 2.47 bits per heavy atom. The molecule has 7 nitrogen and oxygen atoms in total. The molecule has 30 heavy (non-hydrogen) atoms. The van der Waals surface area contributed by atoms with Gasteiger partial charge in [0.2, 0.25) is 0 Å². The fourth-order valence-electron chi connectivity index (χ4n) is 4.14. The van der Waals surface area contributed by atoms with E-state index in [0.29, 0.717) is 0 Å². The third-order valence-corrected chi connectivity index (χ3v) is 5.98. The Kier molecular flexibility index (Phi) is 11.8. The van der Waals surface area contributed by atoms with Crippen LogP contribution < -0.4 is 15.5 Å². The van der Waals surface area contributed by atoms with Crippen molar-refractivity contribution in [2.75, 3.05) is 71.4 Å². The van der Waals surface area contributed by atoms with Gasteiger partial charge in [0.15, 0.2) is 5.96 Å². The molecule has 170 valence electrons. The Hall–Kier alpha value is -1.13. The van der Waals surface area contributed by atoms with Gasteiger partial charge in [-0.05, 0) is 52.0 Å². The number of hydrogen-bond donors (Lipinski definition) is 2. The molecule has 1 aromatic heterocycles. The molecule has 0 unspecified atom stereocenters. The smallest absolute Gasteiger partial charge is 0.191 e. The van der Waals surface area contributed by atoms with Crippen molar-refractivity contribution < 1.29 is 0 Å². The number of halogens is 1. The van der Waals surface area contributed by atoms with Crippen molar-refractivity contribution in [3.8, 4) is 0 Å². The lowest BCUT2D eigenvalue weighted by molar-refractivity contribution is 0.282. The van der Waals surface area contributed by atoms with Crippen LogP contribution in [0.5, 0.6) is 0 Å². The third kappa shape index (κ3) is 8.19. The van der Waals surface area contributed by atoms with Gasteiger partial charge < -0.3 is 25.3 Å². The molecule has 2 saturated heterocycles. The van der Waals surface area contributed by atoms with Gasteiger partial charge in [0, 0.05) is 58.1 Å². The summed E-state index contributed by atoms with van der Waals surface area (Å²) >= 11 is 0. The van der Waals surface area contributed by atoms with Gasteiger partial charge >= 0.3 is 0 Å². The van der Waals surface area contributed by atoms with Gasteiger partial charge in [-0.25, -0.2) is 4.98 Å². The maximum absolute atomic E-state index is 4.67. The molecule has 0 atom stereocenters. The van der Waals surface area contributed by atoms with Gasteiger partial charge in [0.1, 0.15) is 5.82 Å². The van der Waals surface area contributed by atoms with Crippen molar-refractivity contribution in [1.29, 1.82) is 0 Å². The summed E-state index contributed by atoms with van der Waals surface area (Å²) in [6, 6.07) is 4.19. The molecular weight excluding hydrogens is 489 g/mol. The van der Waals surface area contributed by atoms with Gasteiger partial charge in [0.05, 0.1) is 0 Å². The molecule has 0 amide bonds. The topological polar surface area (TPSA) is 59.0 Å². The quantitative estimate of drug-likeness (QED) is 0.245. The molecule has 0 radical (unpaired) electrons. The number of hydrogen-bond acceptors (Lipinski definition) is 5. The summed E-state index contributed by atoms with van der Waals surface area (Å²) in [4.78, 5) is 16.4. The second kappa shape index (κ2) is 14.0. The molecule has 0 saturated carbocycles. The average Bonchev–Trinajstić information content (AvgIpc) is 3.03. The molecule has 2 fully saturated rings. The number of nitrogens with one attached hydrogen (secondary N) is 2. The molecule has 2 aliphatic heterocycles. The van der Waals surface area contributed by atoms with Crippen LogP contribution in [-0.2, 0) is 6.54 Å². The minimum Gasteiger partial charge on any atom is -0.356 e. The molecule has 2 aliphatic rings. The third-order valence-electron chi connectivity index (χ3n) is 5.98. The number of nitrogens with zero attached hydrogens (tertiary/aromatic N) is 5. The van der Waals surface area contributed by atoms with Crippen LogP contribution in [0.2, 0.25) is 0 Å². The van der Waals surface area contributed by atoms with Crippen LogP contribution in [0.25, 0.3) is 0 Å². The molecular formula is C22H40IN7. The Labute approximate surface area is 199 Å². The fourth-order valence-corrected chi connectivity index (χ4v) is 4.14. The monoisotopic (exact) mass is 529 g/mol. The largest absolute Gasteiger partial charge is 0.356 e. The molecule has 8 heteroatoms. The maximum Gasteiger partial charge on any atom is 0.191 e. The van der Waals surface area contributed by atoms with Gasteiger partial charge in [-0.2, -0.15) is 0 Å². The molecule has 0 bridgehead atoms. The van der Waals surface area contributed by atoms with E-state index >= 15 is 0 Å². The Bertz CT molecular complexity index is 624. The zero-order valence-corrected chi connectivity index (χ0v) is 21.1. The van der Waals surface area contributed by atoms with Crippen LogP contribution >= 0.6 is 24.0 Å². The SMILES string of the molecule is CN=C(NCCCN1CCCCCC1)NCc1cccnc1N1CCN(C)CC1.I. The minimum atomic E-state index is 0. The van der Waals surface area contributed by atoms with E-state index in [9.17, 15) is 0 Å². The van der Waals surface area contributed by atoms with Crippen molar-refractivity contribution in [1.82, 2.24) is 25.4 Å². The number of aromatic nitrogens is 1. The van der Waals surface area contributed by atoms with Crippen LogP contribution in [0.3, 0.4) is 0 Å². The van der Waals surface area contributed by atoms with E-state index in [0.717, 1.165) is 57.5 Å². The van der Waals surface area contributed by atoms with Crippen molar-refractivity contribution >= 4 is 35.8 Å². The number of pyridine rings is 1. The van der Waals surface area contributed by atoms with Crippen molar-refractivity contribution in [2.45, 2.75) is 38.6 Å². The minimum absolute atomic E-state index is 0. The molecule has 3 rings (SSSR count). The van der Waals surface area contributed by atoms with Gasteiger partial charge in [-0.1, -0.05) is 18.9 Å². The molecule has 0 aliphatic carbocycles. The number of rotatable bonds is 7. The highest BCUT2D eigenvalue weighted by atomic mass is 127. The molecule has 3 heterocycles. The highest BCUT2D eigenvalue weighted by Gasteiger charge is 2.18. The van der Waals surface area contributed by atoms with Crippen LogP contribution in [-0.4, -0.2) is 87.2 Å². The van der Waals surface area contributed by atoms with Crippen LogP contribution in [0, 0.1) is 0 Å². The zero-order valence-electron chi connectivity index (χ0n) is 18.8. The van der Waals surface area contributed by atoms with Crippen molar-refractivity contribution in [3.63, 3.8) is 0 Å².